The average molecular weight is 545 g/mol. The third kappa shape index (κ3) is 6.97. The summed E-state index contributed by atoms with van der Waals surface area (Å²) in [7, 11) is 3.63. The molecule has 202 valence electrons. The van der Waals surface area contributed by atoms with Crippen molar-refractivity contribution >= 4 is 34.3 Å². The van der Waals surface area contributed by atoms with Crippen molar-refractivity contribution < 1.29 is 22.7 Å². The third-order valence-corrected chi connectivity index (χ3v) is 7.26. The van der Waals surface area contributed by atoms with Crippen LogP contribution in [0.5, 0.6) is 5.75 Å². The number of alkyl halides is 3. The highest BCUT2D eigenvalue weighted by atomic mass is 32.2. The summed E-state index contributed by atoms with van der Waals surface area (Å²) in [6.07, 6.45) is 0.478. The topological polar surface area (TPSA) is 58.5 Å². The van der Waals surface area contributed by atoms with E-state index in [1.807, 2.05) is 31.5 Å². The Morgan fingerprint density at radius 3 is 2.63 bits per heavy atom. The third-order valence-electron chi connectivity index (χ3n) is 6.54. The standard InChI is InChI=1S/C28H31F3N4O2S/c1-34-13-10-20(11-14-34)33-27(36)23-17-35(18-28(29,30)31)25-15-19(6-8-22(23)25)5-4-12-32-24-9-7-21(38-3)16-26(24)37-2/h6-9,15-17,20,32H,10-14,18H2,1-3H3,(H,33,36). The van der Waals surface area contributed by atoms with E-state index in [9.17, 15) is 18.0 Å². The van der Waals surface area contributed by atoms with Crippen LogP contribution in [0.1, 0.15) is 28.8 Å². The molecule has 0 radical (unpaired) electrons. The number of hydrogen-bond acceptors (Lipinski definition) is 5. The number of piperidine rings is 1. The number of thioether (sulfide) groups is 1. The second-order valence-electron chi connectivity index (χ2n) is 9.29. The molecule has 1 saturated heterocycles. The summed E-state index contributed by atoms with van der Waals surface area (Å²) in [5.41, 5.74) is 1.93. The molecule has 2 N–H and O–H groups in total. The van der Waals surface area contributed by atoms with Crippen LogP contribution >= 0.6 is 11.8 Å². The normalized spacial score (nSPS) is 14.7. The Morgan fingerprint density at radius 2 is 1.95 bits per heavy atom. The van der Waals surface area contributed by atoms with Crippen molar-refractivity contribution in [3.8, 4) is 17.6 Å². The summed E-state index contributed by atoms with van der Waals surface area (Å²) < 4.78 is 46.5. The maximum Gasteiger partial charge on any atom is 0.406 e. The first-order valence-corrected chi connectivity index (χ1v) is 13.5. The van der Waals surface area contributed by atoms with E-state index in [-0.39, 0.29) is 17.5 Å². The zero-order chi connectivity index (χ0) is 27.3. The SMILES string of the molecule is COc1cc(SC)ccc1NCC#Cc1ccc2c(C(=O)NC3CCN(C)CC3)cn(CC(F)(F)F)c2c1. The van der Waals surface area contributed by atoms with Gasteiger partial charge in [0, 0.05) is 28.1 Å². The molecule has 1 aliphatic rings. The van der Waals surface area contributed by atoms with E-state index in [0.29, 0.717) is 28.8 Å². The number of fused-ring (bicyclic) bond motifs is 1. The minimum atomic E-state index is -4.43. The minimum Gasteiger partial charge on any atom is -0.495 e. The number of carbonyl (C=O) groups excluding carboxylic acids is 1. The van der Waals surface area contributed by atoms with Crippen LogP contribution in [0, 0.1) is 11.8 Å². The number of hydrogen-bond donors (Lipinski definition) is 2. The summed E-state index contributed by atoms with van der Waals surface area (Å²) in [6, 6.07) is 10.8. The van der Waals surface area contributed by atoms with E-state index in [0.717, 1.165) is 41.1 Å². The highest BCUT2D eigenvalue weighted by molar-refractivity contribution is 7.98. The minimum absolute atomic E-state index is 0.00732. The molecule has 1 aromatic heterocycles. The van der Waals surface area contributed by atoms with E-state index in [4.69, 9.17) is 4.74 Å². The molecule has 0 aliphatic carbocycles. The van der Waals surface area contributed by atoms with Crippen LogP contribution in [0.15, 0.2) is 47.5 Å². The Labute approximate surface area is 224 Å². The van der Waals surface area contributed by atoms with Gasteiger partial charge in [0.15, 0.2) is 0 Å². The van der Waals surface area contributed by atoms with Crippen molar-refractivity contribution in [2.24, 2.45) is 0 Å². The molecule has 1 fully saturated rings. The quantitative estimate of drug-likeness (QED) is 0.316. The largest absolute Gasteiger partial charge is 0.495 e. The van der Waals surface area contributed by atoms with Gasteiger partial charge in [0.1, 0.15) is 12.3 Å². The second kappa shape index (κ2) is 12.0. The van der Waals surface area contributed by atoms with Gasteiger partial charge in [0.05, 0.1) is 30.4 Å². The van der Waals surface area contributed by atoms with Crippen molar-refractivity contribution in [1.82, 2.24) is 14.8 Å². The average Bonchev–Trinajstić information content (AvgIpc) is 3.24. The fraction of sp³-hybridized carbons (Fsp3) is 0.393. The molecule has 38 heavy (non-hydrogen) atoms. The highest BCUT2D eigenvalue weighted by Gasteiger charge is 2.30. The molecule has 1 amide bonds. The van der Waals surface area contributed by atoms with E-state index in [1.54, 1.807) is 37.1 Å². The van der Waals surface area contributed by atoms with Crippen LogP contribution < -0.4 is 15.4 Å². The lowest BCUT2D eigenvalue weighted by atomic mass is 10.0. The van der Waals surface area contributed by atoms with Crippen molar-refractivity contribution in [1.29, 1.82) is 0 Å². The number of nitrogens with one attached hydrogen (secondary N) is 2. The van der Waals surface area contributed by atoms with Crippen LogP contribution in [-0.4, -0.2) is 67.6 Å². The molecule has 0 unspecified atom stereocenters. The van der Waals surface area contributed by atoms with Crippen molar-refractivity contribution in [3.05, 3.63) is 53.7 Å². The zero-order valence-electron chi connectivity index (χ0n) is 21.6. The smallest absolute Gasteiger partial charge is 0.406 e. The predicted molar refractivity (Wildman–Crippen MR) is 146 cm³/mol. The Balaban J connectivity index is 1.54. The van der Waals surface area contributed by atoms with Gasteiger partial charge in [-0.05, 0) is 69.6 Å². The first kappa shape index (κ1) is 27.7. The number of aromatic nitrogens is 1. The van der Waals surface area contributed by atoms with Gasteiger partial charge in [-0.2, -0.15) is 13.2 Å². The van der Waals surface area contributed by atoms with Gasteiger partial charge in [-0.3, -0.25) is 4.79 Å². The first-order valence-electron chi connectivity index (χ1n) is 12.3. The number of amides is 1. The van der Waals surface area contributed by atoms with E-state index in [1.165, 1.54) is 6.20 Å². The molecule has 0 saturated carbocycles. The molecule has 1 aliphatic heterocycles. The number of likely N-dealkylation sites (tertiary alicyclic amines) is 1. The number of ether oxygens (including phenoxy) is 1. The lowest BCUT2D eigenvalue weighted by Crippen LogP contribution is -2.43. The fourth-order valence-electron chi connectivity index (χ4n) is 4.52. The number of halogens is 3. The molecule has 2 aromatic carbocycles. The predicted octanol–water partition coefficient (Wildman–Crippen LogP) is 5.22. The fourth-order valence-corrected chi connectivity index (χ4v) is 4.95. The van der Waals surface area contributed by atoms with Gasteiger partial charge < -0.3 is 24.8 Å². The molecular formula is C28H31F3N4O2S. The number of benzene rings is 2. The number of anilines is 1. The first-order chi connectivity index (χ1) is 18.2. The van der Waals surface area contributed by atoms with Gasteiger partial charge in [0.2, 0.25) is 0 Å². The molecular weight excluding hydrogens is 513 g/mol. The van der Waals surface area contributed by atoms with Gasteiger partial charge >= 0.3 is 6.18 Å². The maximum absolute atomic E-state index is 13.3. The van der Waals surface area contributed by atoms with E-state index >= 15 is 0 Å². The summed E-state index contributed by atoms with van der Waals surface area (Å²) in [5, 5.41) is 6.69. The number of methoxy groups -OCH3 is 1. The molecule has 4 rings (SSSR count). The second-order valence-corrected chi connectivity index (χ2v) is 10.2. The van der Waals surface area contributed by atoms with Crippen molar-refractivity contribution in [3.63, 3.8) is 0 Å². The van der Waals surface area contributed by atoms with Gasteiger partial charge in [-0.1, -0.05) is 17.9 Å². The van der Waals surface area contributed by atoms with Crippen LogP contribution in [0.25, 0.3) is 10.9 Å². The van der Waals surface area contributed by atoms with Crippen molar-refractivity contribution in [2.45, 2.75) is 36.5 Å². The molecule has 6 nitrogen and oxygen atoms in total. The Bertz CT molecular complexity index is 1350. The lowest BCUT2D eigenvalue weighted by molar-refractivity contribution is -0.139. The zero-order valence-corrected chi connectivity index (χ0v) is 22.4. The number of carbonyl (C=O) groups is 1. The molecule has 3 aromatic rings. The number of nitrogens with zero attached hydrogens (tertiary/aromatic N) is 2. The van der Waals surface area contributed by atoms with Crippen LogP contribution in [0.4, 0.5) is 18.9 Å². The monoisotopic (exact) mass is 544 g/mol. The highest BCUT2D eigenvalue weighted by Crippen LogP contribution is 2.29. The van der Waals surface area contributed by atoms with Crippen LogP contribution in [-0.2, 0) is 6.54 Å². The maximum atomic E-state index is 13.3. The Kier molecular flexibility index (Phi) is 8.80. The van der Waals surface area contributed by atoms with Gasteiger partial charge in [0.25, 0.3) is 5.91 Å². The Morgan fingerprint density at radius 1 is 1.18 bits per heavy atom. The summed E-state index contributed by atoms with van der Waals surface area (Å²) in [6.45, 7) is 0.872. The number of rotatable bonds is 7. The van der Waals surface area contributed by atoms with E-state index in [2.05, 4.69) is 27.4 Å². The van der Waals surface area contributed by atoms with Crippen LogP contribution in [0.3, 0.4) is 0 Å². The molecule has 0 atom stereocenters. The molecule has 2 heterocycles. The molecule has 10 heteroatoms. The molecule has 0 spiro atoms. The van der Waals surface area contributed by atoms with Crippen LogP contribution in [0.2, 0.25) is 0 Å². The van der Waals surface area contributed by atoms with Gasteiger partial charge in [-0.25, -0.2) is 0 Å². The van der Waals surface area contributed by atoms with E-state index < -0.39 is 12.7 Å². The van der Waals surface area contributed by atoms with Gasteiger partial charge in [-0.15, -0.1) is 11.8 Å². The summed E-state index contributed by atoms with van der Waals surface area (Å²) in [5.74, 6) is 6.37. The molecule has 0 bridgehead atoms. The summed E-state index contributed by atoms with van der Waals surface area (Å²) in [4.78, 5) is 16.3. The Hall–Kier alpha value is -3.29. The van der Waals surface area contributed by atoms with Crippen molar-refractivity contribution in [2.75, 3.05) is 45.4 Å². The lowest BCUT2D eigenvalue weighted by Gasteiger charge is -2.29. The summed E-state index contributed by atoms with van der Waals surface area (Å²) >= 11 is 1.62.